The number of nitrogens with one attached hydrogen (secondary N) is 3. The van der Waals surface area contributed by atoms with Crippen LogP contribution in [0.15, 0.2) is 52.1 Å². The molecule has 0 bridgehead atoms. The number of likely N-dealkylation sites (tertiary alicyclic amines) is 1. The van der Waals surface area contributed by atoms with E-state index in [1.807, 2.05) is 12.1 Å². The molecular weight excluding hydrogens is 529 g/mol. The second-order valence-electron chi connectivity index (χ2n) is 8.78. The van der Waals surface area contributed by atoms with E-state index in [9.17, 15) is 4.79 Å². The fraction of sp³-hybridized carbons (Fsp3) is 0.520. The lowest BCUT2D eigenvalue weighted by atomic mass is 9.88. The molecule has 0 radical (unpaired) electrons. The maximum Gasteiger partial charge on any atom is 0.233 e. The number of carbonyl (C=O) groups is 1. The number of hydrogen-bond donors (Lipinski definition) is 3. The van der Waals surface area contributed by atoms with Gasteiger partial charge in [-0.3, -0.25) is 14.7 Å². The number of hydrogen-bond acceptors (Lipinski definition) is 4. The van der Waals surface area contributed by atoms with Crippen molar-refractivity contribution in [1.29, 1.82) is 0 Å². The van der Waals surface area contributed by atoms with Crippen molar-refractivity contribution in [2.24, 2.45) is 4.99 Å². The molecule has 1 amide bonds. The third kappa shape index (κ3) is 7.74. The van der Waals surface area contributed by atoms with Crippen molar-refractivity contribution in [2.75, 3.05) is 33.2 Å². The first-order chi connectivity index (χ1) is 15.7. The molecule has 1 atom stereocenters. The van der Waals surface area contributed by atoms with Crippen LogP contribution in [0.25, 0.3) is 0 Å². The Balaban J connectivity index is 0.00000306. The predicted octanol–water partition coefficient (Wildman–Crippen LogP) is 2.74. The van der Waals surface area contributed by atoms with E-state index in [0.29, 0.717) is 25.2 Å². The Labute approximate surface area is 213 Å². The SMILES string of the molecule is CNC(=O)CN1CCC(NC(=NCCc2ccco2)NC2CCc3ccccc3C2)CC1.I. The largest absolute Gasteiger partial charge is 0.469 e. The minimum atomic E-state index is 0. The van der Waals surface area contributed by atoms with Gasteiger partial charge in [0, 0.05) is 45.2 Å². The topological polar surface area (TPSA) is 81.9 Å². The Morgan fingerprint density at radius 2 is 1.82 bits per heavy atom. The standard InChI is InChI=1S/C25H35N5O2.HI/c1-26-24(31)18-30-14-11-21(12-15-30)28-25(27-13-10-23-7-4-16-32-23)29-22-9-8-19-5-2-3-6-20(19)17-22;/h2-7,16,21-22H,8-15,17-18H2,1H3,(H,26,31)(H2,27,28,29);1H. The van der Waals surface area contributed by atoms with Crippen LogP contribution in [0.4, 0.5) is 0 Å². The van der Waals surface area contributed by atoms with Crippen molar-refractivity contribution >= 4 is 35.8 Å². The molecule has 1 saturated heterocycles. The summed E-state index contributed by atoms with van der Waals surface area (Å²) in [5.41, 5.74) is 2.91. The van der Waals surface area contributed by atoms with E-state index in [1.54, 1.807) is 13.3 Å². The van der Waals surface area contributed by atoms with Crippen LogP contribution >= 0.6 is 24.0 Å². The summed E-state index contributed by atoms with van der Waals surface area (Å²) in [5, 5.41) is 10.1. The average Bonchev–Trinajstić information content (AvgIpc) is 3.33. The second-order valence-corrected chi connectivity index (χ2v) is 8.78. The first kappa shape index (κ1) is 25.6. The lowest BCUT2D eigenvalue weighted by molar-refractivity contribution is -0.122. The van der Waals surface area contributed by atoms with Crippen molar-refractivity contribution < 1.29 is 9.21 Å². The van der Waals surface area contributed by atoms with Crippen LogP contribution in [-0.2, 0) is 24.1 Å². The zero-order valence-corrected chi connectivity index (χ0v) is 21.7. The zero-order valence-electron chi connectivity index (χ0n) is 19.4. The van der Waals surface area contributed by atoms with Gasteiger partial charge in [-0.2, -0.15) is 0 Å². The Morgan fingerprint density at radius 3 is 2.55 bits per heavy atom. The summed E-state index contributed by atoms with van der Waals surface area (Å²) in [5.74, 6) is 1.93. The highest BCUT2D eigenvalue weighted by atomic mass is 127. The highest BCUT2D eigenvalue weighted by molar-refractivity contribution is 14.0. The summed E-state index contributed by atoms with van der Waals surface area (Å²) in [6.07, 6.45) is 7.75. The molecular formula is C25H36IN5O2. The molecule has 1 aromatic carbocycles. The molecule has 1 aliphatic heterocycles. The van der Waals surface area contributed by atoms with E-state index in [1.165, 1.54) is 11.1 Å². The Hall–Kier alpha value is -2.07. The van der Waals surface area contributed by atoms with Gasteiger partial charge in [-0.1, -0.05) is 24.3 Å². The predicted molar refractivity (Wildman–Crippen MR) is 142 cm³/mol. The summed E-state index contributed by atoms with van der Waals surface area (Å²) in [6.45, 7) is 3.00. The maximum atomic E-state index is 11.7. The first-order valence-corrected chi connectivity index (χ1v) is 11.8. The lowest BCUT2D eigenvalue weighted by Gasteiger charge is -2.34. The molecule has 4 rings (SSSR count). The van der Waals surface area contributed by atoms with E-state index < -0.39 is 0 Å². The van der Waals surface area contributed by atoms with Crippen LogP contribution in [0, 0.1) is 0 Å². The van der Waals surface area contributed by atoms with E-state index in [2.05, 4.69) is 45.1 Å². The average molecular weight is 566 g/mol. The third-order valence-electron chi connectivity index (χ3n) is 6.47. The molecule has 0 saturated carbocycles. The van der Waals surface area contributed by atoms with Gasteiger partial charge in [0.2, 0.25) is 5.91 Å². The molecule has 1 aliphatic carbocycles. The minimum absolute atomic E-state index is 0. The summed E-state index contributed by atoms with van der Waals surface area (Å²) in [7, 11) is 1.69. The van der Waals surface area contributed by atoms with Crippen molar-refractivity contribution in [1.82, 2.24) is 20.9 Å². The van der Waals surface area contributed by atoms with Gasteiger partial charge >= 0.3 is 0 Å². The normalized spacial score (nSPS) is 19.3. The third-order valence-corrected chi connectivity index (χ3v) is 6.47. The Kier molecular flexibility index (Phi) is 10.1. The number of rotatable bonds is 7. The number of piperidine rings is 1. The van der Waals surface area contributed by atoms with E-state index in [4.69, 9.17) is 9.41 Å². The van der Waals surface area contributed by atoms with Crippen LogP contribution in [-0.4, -0.2) is 62.1 Å². The highest BCUT2D eigenvalue weighted by Gasteiger charge is 2.23. The number of halogens is 1. The van der Waals surface area contributed by atoms with Crippen molar-refractivity contribution in [3.8, 4) is 0 Å². The number of aryl methyl sites for hydroxylation is 1. The van der Waals surface area contributed by atoms with Crippen LogP contribution in [0.1, 0.15) is 36.1 Å². The number of fused-ring (bicyclic) bond motifs is 1. The van der Waals surface area contributed by atoms with Crippen molar-refractivity contribution in [3.05, 3.63) is 59.5 Å². The van der Waals surface area contributed by atoms with E-state index in [-0.39, 0.29) is 29.9 Å². The maximum absolute atomic E-state index is 11.7. The van der Waals surface area contributed by atoms with Gasteiger partial charge in [0.1, 0.15) is 5.76 Å². The molecule has 1 aromatic heterocycles. The molecule has 2 aliphatic rings. The smallest absolute Gasteiger partial charge is 0.233 e. The van der Waals surface area contributed by atoms with Crippen LogP contribution < -0.4 is 16.0 Å². The van der Waals surface area contributed by atoms with Gasteiger partial charge in [0.05, 0.1) is 12.8 Å². The van der Waals surface area contributed by atoms with E-state index in [0.717, 1.165) is 63.3 Å². The summed E-state index contributed by atoms with van der Waals surface area (Å²) in [4.78, 5) is 18.8. The number of benzene rings is 1. The lowest BCUT2D eigenvalue weighted by Crippen LogP contribution is -2.52. The monoisotopic (exact) mass is 565 g/mol. The van der Waals surface area contributed by atoms with E-state index >= 15 is 0 Å². The zero-order chi connectivity index (χ0) is 22.2. The molecule has 2 aromatic rings. The fourth-order valence-corrected chi connectivity index (χ4v) is 4.59. The van der Waals surface area contributed by atoms with Gasteiger partial charge in [-0.05, 0) is 55.4 Å². The fourth-order valence-electron chi connectivity index (χ4n) is 4.59. The quantitative estimate of drug-likeness (QED) is 0.274. The molecule has 1 unspecified atom stereocenters. The summed E-state index contributed by atoms with van der Waals surface area (Å²) >= 11 is 0. The van der Waals surface area contributed by atoms with Gasteiger partial charge in [0.15, 0.2) is 5.96 Å². The molecule has 33 heavy (non-hydrogen) atoms. The summed E-state index contributed by atoms with van der Waals surface area (Å²) < 4.78 is 5.46. The van der Waals surface area contributed by atoms with Gasteiger partial charge in [-0.15, -0.1) is 24.0 Å². The van der Waals surface area contributed by atoms with Gasteiger partial charge in [0.25, 0.3) is 0 Å². The number of carbonyl (C=O) groups excluding carboxylic acids is 1. The molecule has 1 fully saturated rings. The number of likely N-dealkylation sites (N-methyl/N-ethyl adjacent to an activating group) is 1. The Morgan fingerprint density at radius 1 is 1.06 bits per heavy atom. The number of nitrogens with zero attached hydrogens (tertiary/aromatic N) is 2. The molecule has 7 nitrogen and oxygen atoms in total. The van der Waals surface area contributed by atoms with Crippen molar-refractivity contribution in [3.63, 3.8) is 0 Å². The first-order valence-electron chi connectivity index (χ1n) is 11.8. The van der Waals surface area contributed by atoms with Crippen LogP contribution in [0.2, 0.25) is 0 Å². The molecule has 8 heteroatoms. The van der Waals surface area contributed by atoms with Crippen molar-refractivity contribution in [2.45, 2.75) is 50.6 Å². The minimum Gasteiger partial charge on any atom is -0.469 e. The molecule has 0 spiro atoms. The number of guanidine groups is 1. The number of aliphatic imine (C=N–C) groups is 1. The van der Waals surface area contributed by atoms with Gasteiger partial charge in [-0.25, -0.2) is 0 Å². The van der Waals surface area contributed by atoms with Gasteiger partial charge < -0.3 is 20.4 Å². The molecule has 3 N–H and O–H groups in total. The Bertz CT molecular complexity index is 894. The van der Waals surface area contributed by atoms with Crippen LogP contribution in [0.3, 0.4) is 0 Å². The van der Waals surface area contributed by atoms with Crippen LogP contribution in [0.5, 0.6) is 0 Å². The second kappa shape index (κ2) is 13.0. The number of furan rings is 1. The summed E-state index contributed by atoms with van der Waals surface area (Å²) in [6, 6.07) is 13.4. The number of amides is 1. The molecule has 180 valence electrons. The highest BCUT2D eigenvalue weighted by Crippen LogP contribution is 2.21. The molecule has 2 heterocycles.